The van der Waals surface area contributed by atoms with Crippen molar-refractivity contribution in [3.63, 3.8) is 0 Å². The molecule has 4 nitrogen and oxygen atoms in total. The molecule has 0 fully saturated rings. The van der Waals surface area contributed by atoms with E-state index in [-0.39, 0.29) is 0 Å². The summed E-state index contributed by atoms with van der Waals surface area (Å²) in [6, 6.07) is 3.53. The normalized spacial score (nSPS) is 8.29. The van der Waals surface area contributed by atoms with E-state index in [9.17, 15) is 4.79 Å². The molecule has 14 heavy (non-hydrogen) atoms. The van der Waals surface area contributed by atoms with Crippen LogP contribution in [0.2, 0.25) is 0 Å². The third-order valence-corrected chi connectivity index (χ3v) is 2.28. The maximum atomic E-state index is 10.3. The second-order valence-electron chi connectivity index (χ2n) is 2.33. The van der Waals surface area contributed by atoms with Gasteiger partial charge in [-0.1, -0.05) is 17.0 Å². The molecule has 1 aromatic rings. The van der Waals surface area contributed by atoms with Crippen molar-refractivity contribution in [2.75, 3.05) is 6.54 Å². The quantitative estimate of drug-likeness (QED) is 0.187. The molecule has 0 aromatic carbocycles. The average molecular weight is 205 g/mol. The van der Waals surface area contributed by atoms with Gasteiger partial charge < -0.3 is 0 Å². The summed E-state index contributed by atoms with van der Waals surface area (Å²) in [5.74, 6) is 5.74. The van der Waals surface area contributed by atoms with Crippen LogP contribution in [0.3, 0.4) is 0 Å². The smallest absolute Gasteiger partial charge is 0.160 e. The molecule has 0 amide bonds. The lowest BCUT2D eigenvalue weighted by Crippen LogP contribution is -1.72. The predicted octanol–water partition coefficient (Wildman–Crippen LogP) is 2.61. The highest BCUT2D eigenvalue weighted by Crippen LogP contribution is 2.12. The van der Waals surface area contributed by atoms with Gasteiger partial charge in [-0.25, -0.2) is 0 Å². The topological polar surface area (TPSA) is 65.8 Å². The van der Waals surface area contributed by atoms with Crippen LogP contribution in [-0.4, -0.2) is 12.8 Å². The highest BCUT2D eigenvalue weighted by atomic mass is 32.1. The first-order valence-electron chi connectivity index (χ1n) is 3.91. The molecular formula is C9H7N3OS. The summed E-state index contributed by atoms with van der Waals surface area (Å²) in [5, 5.41) is 3.35. The monoisotopic (exact) mass is 205 g/mol. The predicted molar refractivity (Wildman–Crippen MR) is 55.2 cm³/mol. The van der Waals surface area contributed by atoms with E-state index in [4.69, 9.17) is 5.53 Å². The Bertz CT molecular complexity index is 421. The zero-order valence-corrected chi connectivity index (χ0v) is 8.12. The molecule has 5 heteroatoms. The van der Waals surface area contributed by atoms with Crippen LogP contribution in [0.15, 0.2) is 17.2 Å². The highest BCUT2D eigenvalue weighted by molar-refractivity contribution is 7.14. The van der Waals surface area contributed by atoms with Gasteiger partial charge in [0.1, 0.15) is 0 Å². The molecule has 0 unspecified atom stereocenters. The lowest BCUT2D eigenvalue weighted by molar-refractivity contribution is 0.112. The molecule has 0 radical (unpaired) electrons. The van der Waals surface area contributed by atoms with Crippen molar-refractivity contribution in [2.45, 2.75) is 6.42 Å². The van der Waals surface area contributed by atoms with E-state index in [2.05, 4.69) is 21.9 Å². The Morgan fingerprint density at radius 1 is 1.64 bits per heavy atom. The largest absolute Gasteiger partial charge is 0.297 e. The van der Waals surface area contributed by atoms with Gasteiger partial charge in [0.25, 0.3) is 0 Å². The van der Waals surface area contributed by atoms with E-state index in [1.165, 1.54) is 11.3 Å². The zero-order valence-electron chi connectivity index (χ0n) is 7.30. The molecule has 1 heterocycles. The Labute approximate surface area is 85.2 Å². The minimum absolute atomic E-state index is 0.384. The van der Waals surface area contributed by atoms with Gasteiger partial charge in [-0.3, -0.25) is 4.79 Å². The van der Waals surface area contributed by atoms with Crippen LogP contribution >= 0.6 is 11.3 Å². The van der Waals surface area contributed by atoms with Crippen LogP contribution in [0.5, 0.6) is 0 Å². The number of aldehydes is 1. The van der Waals surface area contributed by atoms with Crippen LogP contribution in [0.1, 0.15) is 21.0 Å². The van der Waals surface area contributed by atoms with Gasteiger partial charge >= 0.3 is 0 Å². The average Bonchev–Trinajstić information content (AvgIpc) is 2.65. The second kappa shape index (κ2) is 5.81. The van der Waals surface area contributed by atoms with E-state index < -0.39 is 0 Å². The number of hydrogen-bond donors (Lipinski definition) is 0. The first kappa shape index (κ1) is 10.3. The van der Waals surface area contributed by atoms with Crippen LogP contribution in [0.4, 0.5) is 0 Å². The molecule has 0 aliphatic carbocycles. The van der Waals surface area contributed by atoms with E-state index in [1.54, 1.807) is 12.1 Å². The summed E-state index contributed by atoms with van der Waals surface area (Å²) in [6.45, 7) is 0.384. The van der Waals surface area contributed by atoms with E-state index >= 15 is 0 Å². The van der Waals surface area contributed by atoms with Crippen molar-refractivity contribution in [1.29, 1.82) is 0 Å². The summed E-state index contributed by atoms with van der Waals surface area (Å²) < 4.78 is 0. The Kier molecular flexibility index (Phi) is 4.29. The number of hydrogen-bond acceptors (Lipinski definition) is 3. The Morgan fingerprint density at radius 3 is 3.14 bits per heavy atom. The third kappa shape index (κ3) is 3.31. The summed E-state index contributed by atoms with van der Waals surface area (Å²) in [6.07, 6.45) is 1.34. The molecule has 70 valence electrons. The lowest BCUT2D eigenvalue weighted by atomic mass is 10.4. The van der Waals surface area contributed by atoms with Crippen molar-refractivity contribution in [3.8, 4) is 11.8 Å². The molecule has 0 aliphatic rings. The summed E-state index contributed by atoms with van der Waals surface area (Å²) in [4.78, 5) is 14.5. The van der Waals surface area contributed by atoms with Gasteiger partial charge in [-0.15, -0.1) is 11.3 Å². The highest BCUT2D eigenvalue weighted by Gasteiger charge is 1.93. The molecule has 0 saturated heterocycles. The maximum absolute atomic E-state index is 10.3. The Morgan fingerprint density at radius 2 is 2.50 bits per heavy atom. The first-order chi connectivity index (χ1) is 6.86. The molecule has 0 spiro atoms. The third-order valence-electron chi connectivity index (χ3n) is 1.35. The molecule has 0 saturated carbocycles. The van der Waals surface area contributed by atoms with E-state index in [1.807, 2.05) is 0 Å². The number of thiophene rings is 1. The molecule has 1 rings (SSSR count). The lowest BCUT2D eigenvalue weighted by Gasteiger charge is -1.78. The van der Waals surface area contributed by atoms with Crippen molar-refractivity contribution in [2.24, 2.45) is 5.11 Å². The molecular weight excluding hydrogens is 198 g/mol. The van der Waals surface area contributed by atoms with Crippen molar-refractivity contribution < 1.29 is 4.79 Å². The fourth-order valence-electron chi connectivity index (χ4n) is 0.784. The van der Waals surface area contributed by atoms with Crippen LogP contribution in [0.25, 0.3) is 10.4 Å². The minimum Gasteiger partial charge on any atom is -0.297 e. The van der Waals surface area contributed by atoms with Crippen molar-refractivity contribution >= 4 is 17.6 Å². The molecule has 0 aliphatic heterocycles. The number of azide groups is 1. The van der Waals surface area contributed by atoms with Gasteiger partial charge in [0, 0.05) is 17.9 Å². The summed E-state index contributed by atoms with van der Waals surface area (Å²) >= 11 is 1.35. The molecule has 0 bridgehead atoms. The number of rotatable bonds is 3. The van der Waals surface area contributed by atoms with Crippen LogP contribution in [0, 0.1) is 11.8 Å². The van der Waals surface area contributed by atoms with Gasteiger partial charge in [0.15, 0.2) is 6.29 Å². The number of nitrogens with zero attached hydrogens (tertiary/aromatic N) is 3. The Hall–Kier alpha value is -1.76. The minimum atomic E-state index is 0.384. The van der Waals surface area contributed by atoms with Gasteiger partial charge in [-0.2, -0.15) is 0 Å². The standard InChI is InChI=1S/C9H7N3OS/c10-12-11-6-2-1-3-8-4-5-9(7-13)14-8/h4-5,7H,2,6H2. The number of carbonyl (C=O) groups excluding carboxylic acids is 1. The fourth-order valence-corrected chi connectivity index (χ4v) is 1.48. The zero-order chi connectivity index (χ0) is 10.2. The van der Waals surface area contributed by atoms with Gasteiger partial charge in [0.2, 0.25) is 0 Å². The van der Waals surface area contributed by atoms with Gasteiger partial charge in [-0.05, 0) is 17.7 Å². The van der Waals surface area contributed by atoms with Crippen LogP contribution < -0.4 is 0 Å². The van der Waals surface area contributed by atoms with Crippen molar-refractivity contribution in [3.05, 3.63) is 32.3 Å². The Balaban J connectivity index is 2.50. The summed E-state index contributed by atoms with van der Waals surface area (Å²) in [7, 11) is 0. The first-order valence-corrected chi connectivity index (χ1v) is 4.73. The van der Waals surface area contributed by atoms with Crippen molar-refractivity contribution in [1.82, 2.24) is 0 Å². The van der Waals surface area contributed by atoms with E-state index in [0.717, 1.165) is 11.2 Å². The van der Waals surface area contributed by atoms with Gasteiger partial charge in [0.05, 0.1) is 9.75 Å². The summed E-state index contributed by atoms with van der Waals surface area (Å²) in [5.41, 5.74) is 7.99. The second-order valence-corrected chi connectivity index (χ2v) is 3.44. The molecule has 1 aromatic heterocycles. The molecule has 0 atom stereocenters. The van der Waals surface area contributed by atoms with E-state index in [0.29, 0.717) is 17.8 Å². The fraction of sp³-hybridized carbons (Fsp3) is 0.222. The SMILES string of the molecule is [N-]=[N+]=NCCC#Cc1ccc(C=O)s1. The number of carbonyl (C=O) groups is 1. The maximum Gasteiger partial charge on any atom is 0.160 e. The van der Waals surface area contributed by atoms with Crippen LogP contribution in [-0.2, 0) is 0 Å². The molecule has 0 N–H and O–H groups in total.